The number of unbranched alkanes of at least 4 members (excludes halogenated alkanes) is 2. The summed E-state index contributed by atoms with van der Waals surface area (Å²) in [6, 6.07) is 8.68. The molecule has 0 saturated heterocycles. The fourth-order valence-corrected chi connectivity index (χ4v) is 2.23. The summed E-state index contributed by atoms with van der Waals surface area (Å²) in [5.41, 5.74) is 1.99. The van der Waals surface area contributed by atoms with E-state index >= 15 is 0 Å². The van der Waals surface area contributed by atoms with E-state index in [4.69, 9.17) is 4.74 Å². The second kappa shape index (κ2) is 9.43. The molecule has 0 bridgehead atoms. The molecule has 0 saturated carbocycles. The minimum atomic E-state index is -0.464. The van der Waals surface area contributed by atoms with Crippen LogP contribution in [0.25, 0.3) is 0 Å². The van der Waals surface area contributed by atoms with E-state index < -0.39 is 5.60 Å². The Labute approximate surface area is 141 Å². The van der Waals surface area contributed by atoms with Crippen LogP contribution in [-0.2, 0) is 11.2 Å². The van der Waals surface area contributed by atoms with Crippen molar-refractivity contribution >= 4 is 11.8 Å². The molecule has 1 rings (SSSR count). The second-order valence-corrected chi connectivity index (χ2v) is 7.08. The zero-order valence-electron chi connectivity index (χ0n) is 15.2. The number of carbonyl (C=O) groups is 1. The molecule has 1 aromatic rings. The van der Waals surface area contributed by atoms with Crippen LogP contribution in [0.15, 0.2) is 24.3 Å². The highest BCUT2D eigenvalue weighted by Crippen LogP contribution is 2.13. The van der Waals surface area contributed by atoms with E-state index in [0.717, 1.165) is 12.1 Å². The smallest absolute Gasteiger partial charge is 0.407 e. The maximum absolute atomic E-state index is 11.6. The van der Waals surface area contributed by atoms with Crippen molar-refractivity contribution in [1.29, 1.82) is 0 Å². The van der Waals surface area contributed by atoms with Gasteiger partial charge in [0.05, 0.1) is 0 Å². The molecule has 0 spiro atoms. The van der Waals surface area contributed by atoms with Crippen molar-refractivity contribution in [3.05, 3.63) is 29.8 Å². The number of hydrogen-bond donors (Lipinski definition) is 2. The van der Waals surface area contributed by atoms with Crippen LogP contribution in [0.3, 0.4) is 0 Å². The van der Waals surface area contributed by atoms with Crippen LogP contribution in [0.2, 0.25) is 0 Å². The number of ether oxygens (including phenoxy) is 1. The standard InChI is InChI=1S/C19H32N2O2/c1-6-7-8-9-16-10-12-17(13-11-16)21-15(2)14-20-18(22)23-19(3,4)5/h10-13,15,21H,6-9,14H2,1-5H3,(H,20,22). The predicted octanol–water partition coefficient (Wildman–Crippen LogP) is 4.74. The molecule has 0 heterocycles. The van der Waals surface area contributed by atoms with Crippen LogP contribution in [0.4, 0.5) is 10.5 Å². The van der Waals surface area contributed by atoms with Crippen molar-refractivity contribution in [2.24, 2.45) is 0 Å². The van der Waals surface area contributed by atoms with Crippen LogP contribution >= 0.6 is 0 Å². The first-order chi connectivity index (χ1) is 10.8. The molecule has 0 fully saturated rings. The topological polar surface area (TPSA) is 50.4 Å². The maximum Gasteiger partial charge on any atom is 0.407 e. The number of rotatable bonds is 8. The zero-order valence-corrected chi connectivity index (χ0v) is 15.2. The lowest BCUT2D eigenvalue weighted by Gasteiger charge is -2.21. The summed E-state index contributed by atoms with van der Waals surface area (Å²) >= 11 is 0. The Bertz CT molecular complexity index is 463. The highest BCUT2D eigenvalue weighted by Gasteiger charge is 2.16. The van der Waals surface area contributed by atoms with Crippen molar-refractivity contribution in [1.82, 2.24) is 5.32 Å². The van der Waals surface area contributed by atoms with Crippen LogP contribution in [0, 0.1) is 0 Å². The minimum Gasteiger partial charge on any atom is -0.444 e. The Morgan fingerprint density at radius 1 is 1.17 bits per heavy atom. The van der Waals surface area contributed by atoms with Crippen molar-refractivity contribution in [2.75, 3.05) is 11.9 Å². The fraction of sp³-hybridized carbons (Fsp3) is 0.632. The molecule has 1 atom stereocenters. The van der Waals surface area contributed by atoms with Gasteiger partial charge in [0.2, 0.25) is 0 Å². The zero-order chi connectivity index (χ0) is 17.3. The number of alkyl carbamates (subject to hydrolysis) is 1. The molecular weight excluding hydrogens is 288 g/mol. The molecule has 0 aliphatic heterocycles. The lowest BCUT2D eigenvalue weighted by atomic mass is 10.1. The third-order valence-corrected chi connectivity index (χ3v) is 3.39. The first kappa shape index (κ1) is 19.3. The summed E-state index contributed by atoms with van der Waals surface area (Å²) in [5.74, 6) is 0. The van der Waals surface area contributed by atoms with E-state index in [1.165, 1.54) is 24.8 Å². The van der Waals surface area contributed by atoms with Gasteiger partial charge in [-0.25, -0.2) is 4.79 Å². The van der Waals surface area contributed by atoms with Crippen molar-refractivity contribution in [3.63, 3.8) is 0 Å². The maximum atomic E-state index is 11.6. The molecule has 130 valence electrons. The molecule has 1 amide bonds. The van der Waals surface area contributed by atoms with Crippen molar-refractivity contribution < 1.29 is 9.53 Å². The molecule has 1 aromatic carbocycles. The summed E-state index contributed by atoms with van der Waals surface area (Å²) in [6.07, 6.45) is 4.55. The van der Waals surface area contributed by atoms with E-state index in [1.54, 1.807) is 0 Å². The largest absolute Gasteiger partial charge is 0.444 e. The first-order valence-electron chi connectivity index (χ1n) is 8.62. The summed E-state index contributed by atoms with van der Waals surface area (Å²) < 4.78 is 5.22. The van der Waals surface area contributed by atoms with Crippen molar-refractivity contribution in [3.8, 4) is 0 Å². The van der Waals surface area contributed by atoms with E-state index in [-0.39, 0.29) is 12.1 Å². The fourth-order valence-electron chi connectivity index (χ4n) is 2.23. The summed E-state index contributed by atoms with van der Waals surface area (Å²) in [6.45, 7) is 10.3. The lowest BCUT2D eigenvalue weighted by Crippen LogP contribution is -2.38. The number of benzene rings is 1. The first-order valence-corrected chi connectivity index (χ1v) is 8.62. The van der Waals surface area contributed by atoms with Crippen LogP contribution in [0.5, 0.6) is 0 Å². The summed E-state index contributed by atoms with van der Waals surface area (Å²) in [5, 5.41) is 6.17. The number of carbonyl (C=O) groups excluding carboxylic acids is 1. The molecule has 0 aliphatic rings. The van der Waals surface area contributed by atoms with Crippen LogP contribution < -0.4 is 10.6 Å². The number of aryl methyl sites for hydroxylation is 1. The van der Waals surface area contributed by atoms with Crippen LogP contribution in [0.1, 0.15) is 59.4 Å². The molecule has 1 unspecified atom stereocenters. The van der Waals surface area contributed by atoms with E-state index in [2.05, 4.69) is 41.8 Å². The van der Waals surface area contributed by atoms with Crippen LogP contribution in [-0.4, -0.2) is 24.3 Å². The van der Waals surface area contributed by atoms with E-state index in [1.807, 2.05) is 27.7 Å². The quantitative estimate of drug-likeness (QED) is 0.680. The third kappa shape index (κ3) is 9.11. The number of anilines is 1. The Kier molecular flexibility index (Phi) is 7.93. The number of nitrogens with one attached hydrogen (secondary N) is 2. The Balaban J connectivity index is 2.33. The molecule has 2 N–H and O–H groups in total. The van der Waals surface area contributed by atoms with Gasteiger partial charge in [-0.1, -0.05) is 31.9 Å². The van der Waals surface area contributed by atoms with Crippen molar-refractivity contribution in [2.45, 2.75) is 71.9 Å². The SMILES string of the molecule is CCCCCc1ccc(NC(C)CNC(=O)OC(C)(C)C)cc1. The molecule has 4 nitrogen and oxygen atoms in total. The number of amides is 1. The summed E-state index contributed by atoms with van der Waals surface area (Å²) in [4.78, 5) is 11.6. The minimum absolute atomic E-state index is 0.133. The van der Waals surface area contributed by atoms with E-state index in [0.29, 0.717) is 6.54 Å². The average molecular weight is 320 g/mol. The molecule has 4 heteroatoms. The van der Waals surface area contributed by atoms with Gasteiger partial charge >= 0.3 is 6.09 Å². The average Bonchev–Trinajstić information content (AvgIpc) is 2.45. The highest BCUT2D eigenvalue weighted by molar-refractivity contribution is 5.67. The summed E-state index contributed by atoms with van der Waals surface area (Å²) in [7, 11) is 0. The Hall–Kier alpha value is -1.71. The molecule has 0 aliphatic carbocycles. The van der Waals surface area contributed by atoms with Gasteiger partial charge < -0.3 is 15.4 Å². The molecule has 0 radical (unpaired) electrons. The highest BCUT2D eigenvalue weighted by atomic mass is 16.6. The molecule has 0 aromatic heterocycles. The van der Waals surface area contributed by atoms with Gasteiger partial charge in [0.1, 0.15) is 5.60 Å². The molecular formula is C19H32N2O2. The van der Waals surface area contributed by atoms with Gasteiger partial charge in [-0.05, 0) is 58.2 Å². The number of hydrogen-bond acceptors (Lipinski definition) is 3. The lowest BCUT2D eigenvalue weighted by molar-refractivity contribution is 0.0526. The Morgan fingerprint density at radius 3 is 2.39 bits per heavy atom. The normalized spacial score (nSPS) is 12.6. The predicted molar refractivity (Wildman–Crippen MR) is 97.0 cm³/mol. The molecule has 23 heavy (non-hydrogen) atoms. The monoisotopic (exact) mass is 320 g/mol. The van der Waals surface area contributed by atoms with E-state index in [9.17, 15) is 4.79 Å². The van der Waals surface area contributed by atoms with Gasteiger partial charge in [-0.3, -0.25) is 0 Å². The van der Waals surface area contributed by atoms with Gasteiger partial charge in [-0.15, -0.1) is 0 Å². The van der Waals surface area contributed by atoms with Gasteiger partial charge in [0.15, 0.2) is 0 Å². The van der Waals surface area contributed by atoms with Gasteiger partial charge in [0, 0.05) is 18.3 Å². The Morgan fingerprint density at radius 2 is 1.83 bits per heavy atom. The van der Waals surface area contributed by atoms with Gasteiger partial charge in [-0.2, -0.15) is 0 Å². The van der Waals surface area contributed by atoms with Gasteiger partial charge in [0.25, 0.3) is 0 Å². The second-order valence-electron chi connectivity index (χ2n) is 7.08. The third-order valence-electron chi connectivity index (χ3n) is 3.39.